The molecule has 0 aromatic heterocycles. The highest BCUT2D eigenvalue weighted by atomic mass is 32.2. The van der Waals surface area contributed by atoms with E-state index in [4.69, 9.17) is 18.0 Å². The first-order chi connectivity index (χ1) is 7.63. The fourth-order valence-corrected chi connectivity index (χ4v) is 2.16. The molecule has 0 bridgehead atoms. The number of hydrogen-bond donors (Lipinski definition) is 2. The van der Waals surface area contributed by atoms with Crippen molar-refractivity contribution in [1.29, 1.82) is 0 Å². The minimum absolute atomic E-state index is 0.445. The van der Waals surface area contributed by atoms with Gasteiger partial charge in [-0.05, 0) is 36.9 Å². The SMILES string of the molecule is CCSCC(C)Nc1ccc(C(N)=S)cc1. The quantitative estimate of drug-likeness (QED) is 0.766. The fourth-order valence-electron chi connectivity index (χ4n) is 1.35. The number of anilines is 1. The Balaban J connectivity index is 2.51. The molecule has 3 N–H and O–H groups in total. The van der Waals surface area contributed by atoms with Crippen molar-refractivity contribution in [2.24, 2.45) is 5.73 Å². The first-order valence-corrected chi connectivity index (χ1v) is 6.94. The lowest BCUT2D eigenvalue weighted by molar-refractivity contribution is 0.913. The molecule has 0 aliphatic carbocycles. The van der Waals surface area contributed by atoms with E-state index in [0.717, 1.165) is 22.8 Å². The molecule has 1 aromatic carbocycles. The number of benzene rings is 1. The number of nitrogens with one attached hydrogen (secondary N) is 1. The first-order valence-electron chi connectivity index (χ1n) is 5.37. The molecule has 1 aromatic rings. The van der Waals surface area contributed by atoms with Crippen molar-refractivity contribution in [2.75, 3.05) is 16.8 Å². The van der Waals surface area contributed by atoms with Crippen molar-refractivity contribution < 1.29 is 0 Å². The molecule has 0 saturated heterocycles. The molecular formula is C12H18N2S2. The van der Waals surface area contributed by atoms with Gasteiger partial charge in [0.15, 0.2) is 0 Å². The molecule has 0 spiro atoms. The molecule has 1 atom stereocenters. The van der Waals surface area contributed by atoms with Crippen LogP contribution in [0.25, 0.3) is 0 Å². The van der Waals surface area contributed by atoms with Crippen LogP contribution >= 0.6 is 24.0 Å². The van der Waals surface area contributed by atoms with Crippen LogP contribution in [0, 0.1) is 0 Å². The van der Waals surface area contributed by atoms with E-state index in [2.05, 4.69) is 19.2 Å². The predicted octanol–water partition coefficient (Wildman–Crippen LogP) is 2.87. The van der Waals surface area contributed by atoms with Gasteiger partial charge >= 0.3 is 0 Å². The number of rotatable bonds is 6. The Bertz CT molecular complexity index is 335. The molecule has 1 rings (SSSR count). The van der Waals surface area contributed by atoms with Crippen LogP contribution < -0.4 is 11.1 Å². The molecule has 0 saturated carbocycles. The zero-order chi connectivity index (χ0) is 12.0. The largest absolute Gasteiger partial charge is 0.389 e. The zero-order valence-corrected chi connectivity index (χ0v) is 11.3. The van der Waals surface area contributed by atoms with Gasteiger partial charge in [0.1, 0.15) is 4.99 Å². The average Bonchev–Trinajstić information content (AvgIpc) is 2.27. The van der Waals surface area contributed by atoms with Crippen molar-refractivity contribution in [2.45, 2.75) is 19.9 Å². The summed E-state index contributed by atoms with van der Waals surface area (Å²) in [5.41, 5.74) is 7.57. The van der Waals surface area contributed by atoms with E-state index in [1.54, 1.807) is 0 Å². The molecule has 4 heteroatoms. The summed E-state index contributed by atoms with van der Waals surface area (Å²) in [5.74, 6) is 2.28. The van der Waals surface area contributed by atoms with Crippen molar-refractivity contribution >= 4 is 34.7 Å². The maximum Gasteiger partial charge on any atom is 0.103 e. The zero-order valence-electron chi connectivity index (χ0n) is 9.69. The van der Waals surface area contributed by atoms with Gasteiger partial charge in [0, 0.05) is 23.0 Å². The van der Waals surface area contributed by atoms with E-state index < -0.39 is 0 Å². The molecule has 2 nitrogen and oxygen atoms in total. The summed E-state index contributed by atoms with van der Waals surface area (Å²) < 4.78 is 0. The molecule has 88 valence electrons. The fraction of sp³-hybridized carbons (Fsp3) is 0.417. The molecular weight excluding hydrogens is 236 g/mol. The van der Waals surface area contributed by atoms with Gasteiger partial charge in [-0.3, -0.25) is 0 Å². The summed E-state index contributed by atoms with van der Waals surface area (Å²) in [6.45, 7) is 4.36. The van der Waals surface area contributed by atoms with Crippen molar-refractivity contribution in [3.8, 4) is 0 Å². The molecule has 0 fully saturated rings. The third kappa shape index (κ3) is 4.41. The first kappa shape index (κ1) is 13.3. The summed E-state index contributed by atoms with van der Waals surface area (Å²) >= 11 is 6.84. The van der Waals surface area contributed by atoms with Crippen LogP contribution in [0.4, 0.5) is 5.69 Å². The molecule has 0 aliphatic heterocycles. The van der Waals surface area contributed by atoms with Gasteiger partial charge in [0.2, 0.25) is 0 Å². The van der Waals surface area contributed by atoms with Crippen molar-refractivity contribution in [3.63, 3.8) is 0 Å². The van der Waals surface area contributed by atoms with Gasteiger partial charge in [0.05, 0.1) is 0 Å². The monoisotopic (exact) mass is 254 g/mol. The Morgan fingerprint density at radius 1 is 1.44 bits per heavy atom. The minimum atomic E-state index is 0.445. The normalized spacial score (nSPS) is 12.1. The van der Waals surface area contributed by atoms with E-state index in [1.807, 2.05) is 36.0 Å². The van der Waals surface area contributed by atoms with E-state index in [1.165, 1.54) is 0 Å². The average molecular weight is 254 g/mol. The molecule has 0 radical (unpaired) electrons. The van der Waals surface area contributed by atoms with Crippen LogP contribution in [0.1, 0.15) is 19.4 Å². The summed E-state index contributed by atoms with van der Waals surface area (Å²) in [5, 5.41) is 3.44. The van der Waals surface area contributed by atoms with Crippen LogP contribution in [-0.4, -0.2) is 22.5 Å². The molecule has 0 amide bonds. The van der Waals surface area contributed by atoms with E-state index >= 15 is 0 Å². The summed E-state index contributed by atoms with van der Waals surface area (Å²) in [6.07, 6.45) is 0. The Morgan fingerprint density at radius 3 is 2.56 bits per heavy atom. The lowest BCUT2D eigenvalue weighted by atomic mass is 10.2. The van der Waals surface area contributed by atoms with Gasteiger partial charge in [-0.2, -0.15) is 11.8 Å². The van der Waals surface area contributed by atoms with Gasteiger partial charge in [-0.1, -0.05) is 19.1 Å². The van der Waals surface area contributed by atoms with E-state index in [9.17, 15) is 0 Å². The highest BCUT2D eigenvalue weighted by molar-refractivity contribution is 7.99. The van der Waals surface area contributed by atoms with Crippen molar-refractivity contribution in [1.82, 2.24) is 0 Å². The van der Waals surface area contributed by atoms with Gasteiger partial charge in [-0.15, -0.1) is 0 Å². The molecule has 0 aliphatic rings. The second-order valence-corrected chi connectivity index (χ2v) is 5.41. The highest BCUT2D eigenvalue weighted by Crippen LogP contribution is 2.12. The number of hydrogen-bond acceptors (Lipinski definition) is 3. The van der Waals surface area contributed by atoms with E-state index in [-0.39, 0.29) is 0 Å². The second kappa shape index (κ2) is 6.76. The Kier molecular flexibility index (Phi) is 5.63. The molecule has 16 heavy (non-hydrogen) atoms. The smallest absolute Gasteiger partial charge is 0.103 e. The van der Waals surface area contributed by atoms with Crippen LogP contribution in [0.2, 0.25) is 0 Å². The van der Waals surface area contributed by atoms with Crippen LogP contribution in [0.5, 0.6) is 0 Å². The summed E-state index contributed by atoms with van der Waals surface area (Å²) in [7, 11) is 0. The van der Waals surface area contributed by atoms with Crippen LogP contribution in [0.15, 0.2) is 24.3 Å². The lowest BCUT2D eigenvalue weighted by Gasteiger charge is -2.14. The van der Waals surface area contributed by atoms with Crippen LogP contribution in [0.3, 0.4) is 0 Å². The van der Waals surface area contributed by atoms with Gasteiger partial charge in [0.25, 0.3) is 0 Å². The second-order valence-electron chi connectivity index (χ2n) is 3.65. The standard InChI is InChI=1S/C12H18N2S2/c1-3-16-8-9(2)14-11-6-4-10(5-7-11)12(13)15/h4-7,9,14H,3,8H2,1-2H3,(H2,13,15). The number of nitrogens with two attached hydrogens (primary N) is 1. The lowest BCUT2D eigenvalue weighted by Crippen LogP contribution is -2.18. The Hall–Kier alpha value is -0.740. The Labute approximate surface area is 107 Å². The maximum atomic E-state index is 5.54. The van der Waals surface area contributed by atoms with Gasteiger partial charge in [-0.25, -0.2) is 0 Å². The maximum absolute atomic E-state index is 5.54. The topological polar surface area (TPSA) is 38.0 Å². The minimum Gasteiger partial charge on any atom is -0.389 e. The third-order valence-electron chi connectivity index (χ3n) is 2.15. The highest BCUT2D eigenvalue weighted by Gasteiger charge is 2.02. The summed E-state index contributed by atoms with van der Waals surface area (Å²) in [6, 6.07) is 8.40. The summed E-state index contributed by atoms with van der Waals surface area (Å²) in [4.78, 5) is 0.445. The molecule has 0 heterocycles. The number of thioether (sulfide) groups is 1. The molecule has 1 unspecified atom stereocenters. The Morgan fingerprint density at radius 2 is 2.06 bits per heavy atom. The third-order valence-corrected chi connectivity index (χ3v) is 3.53. The predicted molar refractivity (Wildman–Crippen MR) is 78.4 cm³/mol. The van der Waals surface area contributed by atoms with Gasteiger partial charge < -0.3 is 11.1 Å². The number of thiocarbonyl (C=S) groups is 1. The van der Waals surface area contributed by atoms with E-state index in [0.29, 0.717) is 11.0 Å². The van der Waals surface area contributed by atoms with Crippen molar-refractivity contribution in [3.05, 3.63) is 29.8 Å². The van der Waals surface area contributed by atoms with Crippen LogP contribution in [-0.2, 0) is 0 Å².